The van der Waals surface area contributed by atoms with Crippen LogP contribution >= 0.6 is 43.6 Å². The Kier molecular flexibility index (Phi) is 4.55. The minimum absolute atomic E-state index is 0.0347. The molecule has 0 saturated carbocycles. The molecule has 3 nitrogen and oxygen atoms in total. The van der Waals surface area contributed by atoms with Gasteiger partial charge >= 0.3 is 0 Å². The van der Waals surface area contributed by atoms with Crippen molar-refractivity contribution in [2.45, 2.75) is 24.9 Å². The van der Waals surface area contributed by atoms with Crippen LogP contribution < -0.4 is 0 Å². The van der Waals surface area contributed by atoms with Crippen molar-refractivity contribution in [2.24, 2.45) is 5.92 Å². The highest BCUT2D eigenvalue weighted by Crippen LogP contribution is 2.41. The smallest absolute Gasteiger partial charge is 0.185 e. The van der Waals surface area contributed by atoms with Crippen LogP contribution in [-0.2, 0) is 4.74 Å². The second kappa shape index (κ2) is 6.07. The van der Waals surface area contributed by atoms with Crippen LogP contribution in [0.4, 0.5) is 0 Å². The van der Waals surface area contributed by atoms with Crippen LogP contribution in [0.1, 0.15) is 29.8 Å². The van der Waals surface area contributed by atoms with Gasteiger partial charge in [-0.2, -0.15) is 11.8 Å². The highest BCUT2D eigenvalue weighted by Gasteiger charge is 2.43. The van der Waals surface area contributed by atoms with E-state index in [0.717, 1.165) is 39.7 Å². The summed E-state index contributed by atoms with van der Waals surface area (Å²) in [6.45, 7) is 0.686. The third-order valence-corrected chi connectivity index (χ3v) is 6.23. The molecule has 0 aliphatic carbocycles. The Labute approximate surface area is 139 Å². The lowest BCUT2D eigenvalue weighted by molar-refractivity contribution is -0.0735. The Morgan fingerprint density at radius 3 is 3.05 bits per heavy atom. The molecule has 20 heavy (non-hydrogen) atoms. The number of thioether (sulfide) groups is 1. The van der Waals surface area contributed by atoms with Crippen LogP contribution in [0.5, 0.6) is 0 Å². The molecule has 1 aromatic rings. The Morgan fingerprint density at radius 2 is 2.35 bits per heavy atom. The van der Waals surface area contributed by atoms with Gasteiger partial charge in [0.15, 0.2) is 5.78 Å². The maximum Gasteiger partial charge on any atom is 0.185 e. The van der Waals surface area contributed by atoms with Crippen molar-refractivity contribution in [3.63, 3.8) is 0 Å². The van der Waals surface area contributed by atoms with E-state index >= 15 is 0 Å². The third kappa shape index (κ3) is 2.98. The number of Topliss-reactive ketones (excluding diaryl/α,β-unsaturated/α-hetero) is 1. The maximum absolute atomic E-state index is 12.7. The number of rotatable bonds is 2. The fourth-order valence-electron chi connectivity index (χ4n) is 2.90. The van der Waals surface area contributed by atoms with Gasteiger partial charge in [-0.05, 0) is 62.9 Å². The van der Waals surface area contributed by atoms with Gasteiger partial charge in [-0.25, -0.2) is 0 Å². The number of hydrogen-bond acceptors (Lipinski definition) is 4. The van der Waals surface area contributed by atoms with Crippen molar-refractivity contribution >= 4 is 49.4 Å². The summed E-state index contributed by atoms with van der Waals surface area (Å²) in [7, 11) is 0. The number of ketones is 1. The fraction of sp³-hybridized carbons (Fsp3) is 0.571. The van der Waals surface area contributed by atoms with Crippen molar-refractivity contribution in [1.29, 1.82) is 0 Å². The van der Waals surface area contributed by atoms with Gasteiger partial charge in [0.05, 0.1) is 5.60 Å². The molecular formula is C14H15Br2NO2S. The molecule has 2 atom stereocenters. The first-order valence-corrected chi connectivity index (χ1v) is 9.41. The van der Waals surface area contributed by atoms with Crippen molar-refractivity contribution in [2.75, 3.05) is 18.1 Å². The molecule has 2 aliphatic heterocycles. The summed E-state index contributed by atoms with van der Waals surface area (Å²) in [6, 6.07) is 1.88. The number of hydrogen-bond donors (Lipinski definition) is 0. The van der Waals surface area contributed by atoms with Crippen molar-refractivity contribution in [1.82, 2.24) is 4.98 Å². The summed E-state index contributed by atoms with van der Waals surface area (Å²) < 4.78 is 7.61. The van der Waals surface area contributed by atoms with Crippen molar-refractivity contribution in [3.8, 4) is 0 Å². The topological polar surface area (TPSA) is 39.2 Å². The first-order valence-electron chi connectivity index (χ1n) is 6.67. The molecule has 2 saturated heterocycles. The summed E-state index contributed by atoms with van der Waals surface area (Å²) in [5, 5.41) is 0. The number of nitrogens with zero attached hydrogens (tertiary/aromatic N) is 1. The quantitative estimate of drug-likeness (QED) is 0.675. The fourth-order valence-corrected chi connectivity index (χ4v) is 5.47. The molecule has 1 spiro atoms. The standard InChI is InChI=1S/C14H15Br2NO2S/c15-10-5-11(16)12(17-7-10)13(18)9-1-3-19-14(6-9)2-4-20-8-14/h5,7,9H,1-4,6,8H2. The summed E-state index contributed by atoms with van der Waals surface area (Å²) in [5.41, 5.74) is 0.478. The average Bonchev–Trinajstić information content (AvgIpc) is 2.86. The van der Waals surface area contributed by atoms with E-state index in [0.29, 0.717) is 12.3 Å². The lowest BCUT2D eigenvalue weighted by Gasteiger charge is -2.37. The Balaban J connectivity index is 1.79. The molecule has 0 radical (unpaired) electrons. The van der Waals surface area contributed by atoms with Crippen LogP contribution in [0.2, 0.25) is 0 Å². The van der Waals surface area contributed by atoms with Gasteiger partial charge < -0.3 is 4.74 Å². The van der Waals surface area contributed by atoms with Gasteiger partial charge in [-0.15, -0.1) is 0 Å². The molecular weight excluding hydrogens is 406 g/mol. The number of halogens is 2. The van der Waals surface area contributed by atoms with Gasteiger partial charge in [-0.1, -0.05) is 0 Å². The largest absolute Gasteiger partial charge is 0.374 e. The highest BCUT2D eigenvalue weighted by molar-refractivity contribution is 9.11. The number of carbonyl (C=O) groups is 1. The van der Waals surface area contributed by atoms with Crippen LogP contribution in [0, 0.1) is 5.92 Å². The van der Waals surface area contributed by atoms with Crippen molar-refractivity contribution < 1.29 is 9.53 Å². The lowest BCUT2D eigenvalue weighted by atomic mass is 9.82. The van der Waals surface area contributed by atoms with E-state index in [9.17, 15) is 4.79 Å². The van der Waals surface area contributed by atoms with E-state index in [1.807, 2.05) is 17.8 Å². The monoisotopic (exact) mass is 419 g/mol. The summed E-state index contributed by atoms with van der Waals surface area (Å²) in [4.78, 5) is 17.0. The zero-order valence-corrected chi connectivity index (χ0v) is 14.9. The molecule has 6 heteroatoms. The molecule has 1 aromatic heterocycles. The molecule has 0 bridgehead atoms. The molecule has 3 heterocycles. The van der Waals surface area contributed by atoms with E-state index in [-0.39, 0.29) is 17.3 Å². The van der Waals surface area contributed by atoms with Gasteiger partial charge in [0.1, 0.15) is 5.69 Å². The molecule has 2 fully saturated rings. The first kappa shape index (κ1) is 15.0. The predicted octanol–water partition coefficient (Wildman–Crippen LogP) is 4.09. The van der Waals surface area contributed by atoms with E-state index in [4.69, 9.17) is 4.74 Å². The van der Waals surface area contributed by atoms with E-state index in [1.165, 1.54) is 0 Å². The average molecular weight is 421 g/mol. The third-order valence-electron chi connectivity index (χ3n) is 3.97. The maximum atomic E-state index is 12.7. The number of pyridine rings is 1. The summed E-state index contributed by atoms with van der Waals surface area (Å²) >= 11 is 8.73. The summed E-state index contributed by atoms with van der Waals surface area (Å²) in [6.07, 6.45) is 4.38. The van der Waals surface area contributed by atoms with Crippen LogP contribution in [-0.4, -0.2) is 34.5 Å². The Hall–Kier alpha value is 0.0900. The second-order valence-electron chi connectivity index (χ2n) is 5.37. The van der Waals surface area contributed by atoms with E-state index in [2.05, 4.69) is 36.8 Å². The molecule has 2 unspecified atom stereocenters. The molecule has 2 aliphatic rings. The van der Waals surface area contributed by atoms with Gasteiger partial charge in [0.25, 0.3) is 0 Å². The van der Waals surface area contributed by atoms with Crippen molar-refractivity contribution in [3.05, 3.63) is 26.9 Å². The number of carbonyl (C=O) groups excluding carboxylic acids is 1. The minimum Gasteiger partial charge on any atom is -0.374 e. The SMILES string of the molecule is O=C(c1ncc(Br)cc1Br)C1CCOC2(CCSC2)C1. The number of ether oxygens (including phenoxy) is 1. The normalized spacial score (nSPS) is 29.8. The zero-order valence-electron chi connectivity index (χ0n) is 10.9. The molecule has 3 rings (SSSR count). The van der Waals surface area contributed by atoms with Gasteiger partial charge in [0, 0.05) is 33.4 Å². The Morgan fingerprint density at radius 1 is 1.50 bits per heavy atom. The molecule has 108 valence electrons. The van der Waals surface area contributed by atoms with Gasteiger partial charge in [0.2, 0.25) is 0 Å². The zero-order chi connectivity index (χ0) is 14.2. The minimum atomic E-state index is -0.0644. The Bertz CT molecular complexity index is 532. The molecule has 0 aromatic carbocycles. The van der Waals surface area contributed by atoms with Crippen LogP contribution in [0.25, 0.3) is 0 Å². The lowest BCUT2D eigenvalue weighted by Crippen LogP contribution is -2.42. The van der Waals surface area contributed by atoms with E-state index in [1.54, 1.807) is 6.20 Å². The van der Waals surface area contributed by atoms with Crippen LogP contribution in [0.3, 0.4) is 0 Å². The number of aromatic nitrogens is 1. The van der Waals surface area contributed by atoms with Crippen LogP contribution in [0.15, 0.2) is 21.2 Å². The molecule has 0 N–H and O–H groups in total. The second-order valence-corrected chi connectivity index (χ2v) is 8.25. The summed E-state index contributed by atoms with van der Waals surface area (Å²) in [5.74, 6) is 2.34. The molecule has 0 amide bonds. The predicted molar refractivity (Wildman–Crippen MR) is 87.3 cm³/mol. The highest BCUT2D eigenvalue weighted by atomic mass is 79.9. The van der Waals surface area contributed by atoms with E-state index < -0.39 is 0 Å². The van der Waals surface area contributed by atoms with Gasteiger partial charge in [-0.3, -0.25) is 9.78 Å². The first-order chi connectivity index (χ1) is 9.60.